The molecule has 0 aliphatic heterocycles. The van der Waals surface area contributed by atoms with Gasteiger partial charge in [0, 0.05) is 6.42 Å². The first kappa shape index (κ1) is 16.4. The Bertz CT molecular complexity index is 655. The number of carbonyl (C=O) groups excluding carboxylic acids is 1. The van der Waals surface area contributed by atoms with Gasteiger partial charge in [-0.2, -0.15) is 0 Å². The van der Waals surface area contributed by atoms with Crippen molar-refractivity contribution in [2.45, 2.75) is 26.2 Å². The molecule has 0 fully saturated rings. The lowest BCUT2D eigenvalue weighted by atomic mass is 10.0. The highest BCUT2D eigenvalue weighted by Gasteiger charge is 2.06. The molecule has 0 radical (unpaired) electrons. The smallest absolute Gasteiger partial charge is 0.224 e. The van der Waals surface area contributed by atoms with Crippen molar-refractivity contribution in [1.82, 2.24) is 0 Å². The maximum atomic E-state index is 12.0. The fourth-order valence-corrected chi connectivity index (χ4v) is 2.47. The highest BCUT2D eigenvalue weighted by molar-refractivity contribution is 6.33. The molecule has 0 bridgehead atoms. The Balaban J connectivity index is 1.83. The fourth-order valence-electron chi connectivity index (χ4n) is 2.29. The molecule has 116 valence electrons. The molecular formula is C18H20ClNO2. The Kier molecular flexibility index (Phi) is 5.84. The van der Waals surface area contributed by atoms with Crippen LogP contribution in [0.25, 0.3) is 0 Å². The van der Waals surface area contributed by atoms with Crippen LogP contribution in [0.3, 0.4) is 0 Å². The summed E-state index contributed by atoms with van der Waals surface area (Å²) in [5.41, 5.74) is 3.09. The van der Waals surface area contributed by atoms with E-state index in [0.29, 0.717) is 17.1 Å². The second kappa shape index (κ2) is 7.85. The number of rotatable bonds is 6. The van der Waals surface area contributed by atoms with Crippen LogP contribution in [0.2, 0.25) is 5.02 Å². The number of halogens is 1. The number of benzene rings is 2. The Morgan fingerprint density at radius 1 is 1.23 bits per heavy atom. The van der Waals surface area contributed by atoms with E-state index in [9.17, 15) is 4.79 Å². The van der Waals surface area contributed by atoms with Crippen molar-refractivity contribution >= 4 is 23.2 Å². The van der Waals surface area contributed by atoms with Crippen LogP contribution in [0.4, 0.5) is 5.69 Å². The molecule has 2 aromatic carbocycles. The summed E-state index contributed by atoms with van der Waals surface area (Å²) < 4.78 is 5.19. The highest BCUT2D eigenvalue weighted by atomic mass is 35.5. The van der Waals surface area contributed by atoms with Crippen LogP contribution < -0.4 is 10.1 Å². The standard InChI is InChI=1S/C18H20ClNO2/c1-13-12-15(22-2)11-10-14(13)6-5-9-18(21)20-17-8-4-3-7-16(17)19/h3-4,7-8,10-12H,5-6,9H2,1-2H3,(H,20,21). The number of para-hydroxylation sites is 1. The first-order chi connectivity index (χ1) is 10.6. The molecular weight excluding hydrogens is 298 g/mol. The minimum absolute atomic E-state index is 0.0146. The molecule has 0 heterocycles. The summed E-state index contributed by atoms with van der Waals surface area (Å²) in [6.45, 7) is 2.06. The second-order valence-corrected chi connectivity index (χ2v) is 5.58. The van der Waals surface area contributed by atoms with Gasteiger partial charge in [-0.1, -0.05) is 29.8 Å². The van der Waals surface area contributed by atoms with Crippen molar-refractivity contribution in [3.05, 3.63) is 58.6 Å². The largest absolute Gasteiger partial charge is 0.497 e. The third-order valence-corrected chi connectivity index (χ3v) is 3.88. The van der Waals surface area contributed by atoms with Gasteiger partial charge in [0.2, 0.25) is 5.91 Å². The molecule has 22 heavy (non-hydrogen) atoms. The van der Waals surface area contributed by atoms with Gasteiger partial charge in [-0.3, -0.25) is 4.79 Å². The number of hydrogen-bond acceptors (Lipinski definition) is 2. The third kappa shape index (κ3) is 4.50. The molecule has 0 aromatic heterocycles. The van der Waals surface area contributed by atoms with E-state index in [1.807, 2.05) is 24.3 Å². The van der Waals surface area contributed by atoms with E-state index < -0.39 is 0 Å². The summed E-state index contributed by atoms with van der Waals surface area (Å²) in [5.74, 6) is 0.844. The monoisotopic (exact) mass is 317 g/mol. The van der Waals surface area contributed by atoms with Crippen LogP contribution in [-0.4, -0.2) is 13.0 Å². The molecule has 0 aliphatic carbocycles. The Labute approximate surface area is 136 Å². The molecule has 0 aliphatic rings. The van der Waals surface area contributed by atoms with E-state index in [-0.39, 0.29) is 5.91 Å². The van der Waals surface area contributed by atoms with Crippen LogP contribution in [0.5, 0.6) is 5.75 Å². The van der Waals surface area contributed by atoms with Crippen molar-refractivity contribution in [3.63, 3.8) is 0 Å². The third-order valence-electron chi connectivity index (χ3n) is 3.55. The minimum Gasteiger partial charge on any atom is -0.497 e. The molecule has 1 N–H and O–H groups in total. The molecule has 3 nitrogen and oxygen atoms in total. The Hall–Kier alpha value is -2.00. The number of aryl methyl sites for hydroxylation is 2. The number of carbonyl (C=O) groups is 1. The maximum absolute atomic E-state index is 12.0. The first-order valence-corrected chi connectivity index (χ1v) is 7.66. The Morgan fingerprint density at radius 3 is 2.68 bits per heavy atom. The highest BCUT2D eigenvalue weighted by Crippen LogP contribution is 2.21. The SMILES string of the molecule is COc1ccc(CCCC(=O)Nc2ccccc2Cl)c(C)c1. The fraction of sp³-hybridized carbons (Fsp3) is 0.278. The van der Waals surface area contributed by atoms with Crippen LogP contribution >= 0.6 is 11.6 Å². The molecule has 0 spiro atoms. The zero-order valence-corrected chi connectivity index (χ0v) is 13.6. The molecule has 0 saturated heterocycles. The molecule has 1 amide bonds. The summed E-state index contributed by atoms with van der Waals surface area (Å²) in [6, 6.07) is 13.3. The number of anilines is 1. The number of hydrogen-bond donors (Lipinski definition) is 1. The van der Waals surface area contributed by atoms with E-state index in [2.05, 4.69) is 18.3 Å². The molecule has 2 aromatic rings. The zero-order chi connectivity index (χ0) is 15.9. The molecule has 4 heteroatoms. The van der Waals surface area contributed by atoms with Crippen LogP contribution in [0, 0.1) is 6.92 Å². The summed E-state index contributed by atoms with van der Waals surface area (Å²) in [6.07, 6.45) is 2.13. The summed E-state index contributed by atoms with van der Waals surface area (Å²) in [5, 5.41) is 3.40. The second-order valence-electron chi connectivity index (χ2n) is 5.17. The van der Waals surface area contributed by atoms with Gasteiger partial charge in [0.25, 0.3) is 0 Å². The average Bonchev–Trinajstić information content (AvgIpc) is 2.51. The van der Waals surface area contributed by atoms with E-state index in [0.717, 1.165) is 18.6 Å². The van der Waals surface area contributed by atoms with E-state index in [1.165, 1.54) is 11.1 Å². The van der Waals surface area contributed by atoms with Crippen molar-refractivity contribution in [2.75, 3.05) is 12.4 Å². The number of nitrogens with one attached hydrogen (secondary N) is 1. The number of methoxy groups -OCH3 is 1. The van der Waals surface area contributed by atoms with Crippen molar-refractivity contribution < 1.29 is 9.53 Å². The van der Waals surface area contributed by atoms with Crippen molar-refractivity contribution in [3.8, 4) is 5.75 Å². The van der Waals surface area contributed by atoms with Gasteiger partial charge in [-0.15, -0.1) is 0 Å². The first-order valence-electron chi connectivity index (χ1n) is 7.28. The molecule has 0 atom stereocenters. The molecule has 0 saturated carbocycles. The van der Waals surface area contributed by atoms with E-state index in [1.54, 1.807) is 19.2 Å². The van der Waals surface area contributed by atoms with Crippen LogP contribution in [0.1, 0.15) is 24.0 Å². The summed E-state index contributed by atoms with van der Waals surface area (Å²) in [4.78, 5) is 12.0. The van der Waals surface area contributed by atoms with Crippen LogP contribution in [0.15, 0.2) is 42.5 Å². The minimum atomic E-state index is -0.0146. The number of ether oxygens (including phenoxy) is 1. The predicted molar refractivity (Wildman–Crippen MR) is 90.8 cm³/mol. The number of amides is 1. The van der Waals surface area contributed by atoms with Gasteiger partial charge in [0.15, 0.2) is 0 Å². The van der Waals surface area contributed by atoms with E-state index in [4.69, 9.17) is 16.3 Å². The van der Waals surface area contributed by atoms with Gasteiger partial charge >= 0.3 is 0 Å². The normalized spacial score (nSPS) is 10.3. The summed E-state index contributed by atoms with van der Waals surface area (Å²) >= 11 is 6.02. The van der Waals surface area contributed by atoms with Gasteiger partial charge in [0.05, 0.1) is 17.8 Å². The molecule has 2 rings (SSSR count). The lowest BCUT2D eigenvalue weighted by Crippen LogP contribution is -2.11. The van der Waals surface area contributed by atoms with Gasteiger partial charge in [-0.25, -0.2) is 0 Å². The van der Waals surface area contributed by atoms with Gasteiger partial charge < -0.3 is 10.1 Å². The Morgan fingerprint density at radius 2 is 2.00 bits per heavy atom. The van der Waals surface area contributed by atoms with Gasteiger partial charge in [0.1, 0.15) is 5.75 Å². The lowest BCUT2D eigenvalue weighted by Gasteiger charge is -2.09. The maximum Gasteiger partial charge on any atom is 0.224 e. The average molecular weight is 318 g/mol. The van der Waals surface area contributed by atoms with Crippen molar-refractivity contribution in [2.24, 2.45) is 0 Å². The zero-order valence-electron chi connectivity index (χ0n) is 12.9. The topological polar surface area (TPSA) is 38.3 Å². The summed E-state index contributed by atoms with van der Waals surface area (Å²) in [7, 11) is 1.66. The van der Waals surface area contributed by atoms with Gasteiger partial charge in [-0.05, 0) is 55.2 Å². The van der Waals surface area contributed by atoms with E-state index >= 15 is 0 Å². The molecule has 0 unspecified atom stereocenters. The quantitative estimate of drug-likeness (QED) is 0.844. The van der Waals surface area contributed by atoms with Crippen molar-refractivity contribution in [1.29, 1.82) is 0 Å². The van der Waals surface area contributed by atoms with Crippen LogP contribution in [-0.2, 0) is 11.2 Å². The predicted octanol–water partition coefficient (Wildman–Crippen LogP) is 4.62. The lowest BCUT2D eigenvalue weighted by molar-refractivity contribution is -0.116.